The maximum Gasteiger partial charge on any atom is 0.411 e. The normalized spacial score (nSPS) is 18.8. The molecular weight excluding hydrogens is 419 g/mol. The van der Waals surface area contributed by atoms with Crippen molar-refractivity contribution in [2.24, 2.45) is 0 Å². The van der Waals surface area contributed by atoms with Crippen LogP contribution in [0.2, 0.25) is 0 Å². The molecule has 0 aliphatic carbocycles. The van der Waals surface area contributed by atoms with Crippen molar-refractivity contribution in [3.8, 4) is 11.1 Å². The summed E-state index contributed by atoms with van der Waals surface area (Å²) in [5.74, 6) is 2.84. The van der Waals surface area contributed by atoms with Gasteiger partial charge in [0.05, 0.1) is 12.2 Å². The average Bonchev–Trinajstić information content (AvgIpc) is 3.44. The highest BCUT2D eigenvalue weighted by Gasteiger charge is 2.25. The molecule has 2 saturated heterocycles. The fourth-order valence-corrected chi connectivity index (χ4v) is 4.63. The molecule has 0 radical (unpaired) electrons. The molecule has 2 aromatic rings. The Labute approximate surface area is 184 Å². The molecule has 8 nitrogen and oxygen atoms in total. The lowest BCUT2D eigenvalue weighted by Gasteiger charge is -2.27. The smallest absolute Gasteiger partial charge is 0.411 e. The molecule has 5 rings (SSSR count). The Bertz CT molecular complexity index is 982. The van der Waals surface area contributed by atoms with Crippen LogP contribution < -0.4 is 15.4 Å². The largest absolute Gasteiger partial charge is 0.447 e. The SMILES string of the molecule is O=C1OCCN1CN1C=CN(c2ccc(-c3ccc(N4CCSCC4)nc3)c(F)c2)N1. The van der Waals surface area contributed by atoms with Gasteiger partial charge in [-0.2, -0.15) is 11.8 Å². The number of rotatable bonds is 5. The van der Waals surface area contributed by atoms with Crippen LogP contribution in [-0.4, -0.2) is 65.4 Å². The molecule has 3 aliphatic heterocycles. The monoisotopic (exact) mass is 442 g/mol. The van der Waals surface area contributed by atoms with E-state index in [9.17, 15) is 9.18 Å². The number of hydrogen-bond donors (Lipinski definition) is 1. The van der Waals surface area contributed by atoms with Gasteiger partial charge in [0.2, 0.25) is 0 Å². The lowest BCUT2D eigenvalue weighted by Crippen LogP contribution is -2.45. The van der Waals surface area contributed by atoms with Crippen molar-refractivity contribution in [2.45, 2.75) is 0 Å². The van der Waals surface area contributed by atoms with E-state index in [0.717, 1.165) is 36.0 Å². The minimum Gasteiger partial charge on any atom is -0.447 e. The first-order valence-corrected chi connectivity index (χ1v) is 11.3. The molecule has 162 valence electrons. The molecule has 3 aliphatic rings. The summed E-state index contributed by atoms with van der Waals surface area (Å²) in [5.41, 5.74) is 5.02. The maximum atomic E-state index is 14.9. The van der Waals surface area contributed by atoms with Crippen LogP contribution in [0.25, 0.3) is 11.1 Å². The van der Waals surface area contributed by atoms with Gasteiger partial charge in [0.15, 0.2) is 0 Å². The first-order chi connectivity index (χ1) is 15.2. The van der Waals surface area contributed by atoms with E-state index in [0.29, 0.717) is 31.1 Å². The zero-order valence-electron chi connectivity index (χ0n) is 16.9. The Hall–Kier alpha value is -2.98. The Morgan fingerprint density at radius 2 is 2.00 bits per heavy atom. The number of thioether (sulfide) groups is 1. The quantitative estimate of drug-likeness (QED) is 0.759. The van der Waals surface area contributed by atoms with Gasteiger partial charge in [-0.3, -0.25) is 14.9 Å². The molecule has 0 spiro atoms. The molecule has 4 heterocycles. The number of carbonyl (C=O) groups is 1. The molecule has 0 saturated carbocycles. The third kappa shape index (κ3) is 4.26. The fraction of sp³-hybridized carbons (Fsp3) is 0.333. The first kappa shape index (κ1) is 20.0. The Morgan fingerprint density at radius 1 is 1.13 bits per heavy atom. The summed E-state index contributed by atoms with van der Waals surface area (Å²) in [4.78, 5) is 20.0. The summed E-state index contributed by atoms with van der Waals surface area (Å²) in [6, 6.07) is 8.97. The average molecular weight is 443 g/mol. The number of halogens is 1. The van der Waals surface area contributed by atoms with Crippen LogP contribution in [0.15, 0.2) is 48.9 Å². The van der Waals surface area contributed by atoms with Crippen molar-refractivity contribution in [2.75, 3.05) is 54.3 Å². The molecule has 31 heavy (non-hydrogen) atoms. The molecule has 0 bridgehead atoms. The molecule has 1 aromatic heterocycles. The van der Waals surface area contributed by atoms with E-state index in [2.05, 4.69) is 15.4 Å². The minimum absolute atomic E-state index is 0.321. The van der Waals surface area contributed by atoms with Crippen LogP contribution in [-0.2, 0) is 4.74 Å². The highest BCUT2D eigenvalue weighted by atomic mass is 32.2. The Kier molecular flexibility index (Phi) is 5.56. The number of amides is 1. The summed E-state index contributed by atoms with van der Waals surface area (Å²) in [6.07, 6.45) is 4.98. The number of aromatic nitrogens is 1. The second-order valence-corrected chi connectivity index (χ2v) is 8.65. The Morgan fingerprint density at radius 3 is 2.71 bits per heavy atom. The number of benzene rings is 1. The van der Waals surface area contributed by atoms with E-state index in [1.54, 1.807) is 39.6 Å². The number of hydrazine groups is 2. The van der Waals surface area contributed by atoms with Gasteiger partial charge in [-0.05, 0) is 30.3 Å². The minimum atomic E-state index is -0.331. The fourth-order valence-electron chi connectivity index (χ4n) is 3.73. The highest BCUT2D eigenvalue weighted by molar-refractivity contribution is 7.99. The number of cyclic esters (lactones) is 1. The predicted molar refractivity (Wildman–Crippen MR) is 119 cm³/mol. The van der Waals surface area contributed by atoms with Crippen LogP contribution in [0.4, 0.5) is 20.7 Å². The van der Waals surface area contributed by atoms with Crippen LogP contribution in [0.1, 0.15) is 0 Å². The number of hydrogen-bond acceptors (Lipinski definition) is 8. The predicted octanol–water partition coefficient (Wildman–Crippen LogP) is 2.86. The molecule has 1 N–H and O–H groups in total. The molecule has 1 aromatic carbocycles. The van der Waals surface area contributed by atoms with Crippen molar-refractivity contribution in [3.63, 3.8) is 0 Å². The van der Waals surface area contributed by atoms with Crippen molar-refractivity contribution in [3.05, 3.63) is 54.7 Å². The second kappa shape index (κ2) is 8.64. The van der Waals surface area contributed by atoms with Crippen LogP contribution in [0.5, 0.6) is 0 Å². The molecular formula is C21H23FN6O2S. The third-order valence-corrected chi connectivity index (χ3v) is 6.37. The summed E-state index contributed by atoms with van der Waals surface area (Å²) >= 11 is 1.96. The van der Waals surface area contributed by atoms with E-state index in [4.69, 9.17) is 4.74 Å². The van der Waals surface area contributed by atoms with Gasteiger partial charge in [-0.1, -0.05) is 0 Å². The van der Waals surface area contributed by atoms with Gasteiger partial charge < -0.3 is 9.64 Å². The summed E-state index contributed by atoms with van der Waals surface area (Å²) in [5, 5.41) is 3.43. The number of pyridine rings is 1. The summed E-state index contributed by atoms with van der Waals surface area (Å²) < 4.78 is 19.9. The lowest BCUT2D eigenvalue weighted by molar-refractivity contribution is 0.134. The van der Waals surface area contributed by atoms with Crippen LogP contribution in [0.3, 0.4) is 0 Å². The second-order valence-electron chi connectivity index (χ2n) is 7.43. The zero-order chi connectivity index (χ0) is 21.2. The molecule has 2 fully saturated rings. The van der Waals surface area contributed by atoms with E-state index in [1.165, 1.54) is 6.07 Å². The first-order valence-electron chi connectivity index (χ1n) is 10.2. The highest BCUT2D eigenvalue weighted by Crippen LogP contribution is 2.28. The standard InChI is InChI=1S/C21H23FN6O2S/c22-19-13-17(28-6-5-27(24-28)15-26-7-10-30-21(26)29)2-3-18(19)16-1-4-20(23-14-16)25-8-11-31-12-9-25/h1-6,13-14,24H,7-12,15H2. The van der Waals surface area contributed by atoms with Crippen molar-refractivity contribution < 1.29 is 13.9 Å². The van der Waals surface area contributed by atoms with E-state index in [1.807, 2.05) is 30.0 Å². The van der Waals surface area contributed by atoms with Gasteiger partial charge in [-0.15, -0.1) is 5.53 Å². The van der Waals surface area contributed by atoms with Gasteiger partial charge in [0, 0.05) is 54.3 Å². The molecule has 0 unspecified atom stereocenters. The third-order valence-electron chi connectivity index (χ3n) is 5.42. The lowest BCUT2D eigenvalue weighted by atomic mass is 10.1. The maximum absolute atomic E-state index is 14.9. The number of carbonyl (C=O) groups excluding carboxylic acids is 1. The van der Waals surface area contributed by atoms with Gasteiger partial charge >= 0.3 is 6.09 Å². The Balaban J connectivity index is 1.25. The van der Waals surface area contributed by atoms with Crippen molar-refractivity contribution in [1.29, 1.82) is 0 Å². The van der Waals surface area contributed by atoms with Crippen LogP contribution >= 0.6 is 11.8 Å². The number of ether oxygens (including phenoxy) is 1. The molecule has 1 amide bonds. The van der Waals surface area contributed by atoms with Gasteiger partial charge in [0.1, 0.15) is 24.9 Å². The number of nitrogens with zero attached hydrogens (tertiary/aromatic N) is 5. The molecule has 10 heteroatoms. The van der Waals surface area contributed by atoms with Crippen molar-refractivity contribution in [1.82, 2.24) is 20.4 Å². The van der Waals surface area contributed by atoms with Gasteiger partial charge in [0.25, 0.3) is 0 Å². The van der Waals surface area contributed by atoms with Crippen LogP contribution in [0, 0.1) is 5.82 Å². The topological polar surface area (TPSA) is 64.2 Å². The van der Waals surface area contributed by atoms with Crippen molar-refractivity contribution >= 4 is 29.4 Å². The number of anilines is 2. The number of nitrogens with one attached hydrogen (secondary N) is 1. The molecule has 0 atom stereocenters. The van der Waals surface area contributed by atoms with E-state index >= 15 is 0 Å². The summed E-state index contributed by atoms with van der Waals surface area (Å²) in [6.45, 7) is 3.29. The van der Waals surface area contributed by atoms with E-state index in [-0.39, 0.29) is 11.9 Å². The zero-order valence-corrected chi connectivity index (χ0v) is 17.7. The summed E-state index contributed by atoms with van der Waals surface area (Å²) in [7, 11) is 0. The van der Waals surface area contributed by atoms with E-state index < -0.39 is 0 Å². The van der Waals surface area contributed by atoms with Gasteiger partial charge in [-0.25, -0.2) is 14.2 Å².